The molecule has 0 unspecified atom stereocenters. The first-order valence-corrected chi connectivity index (χ1v) is 10.8. The molecule has 1 aliphatic rings. The number of rotatable bonds is 5. The average Bonchev–Trinajstić information content (AvgIpc) is 2.82. The minimum atomic E-state index is -4.38. The summed E-state index contributed by atoms with van der Waals surface area (Å²) >= 11 is 0. The number of nitrogens with zero attached hydrogens (tertiary/aromatic N) is 2. The lowest BCUT2D eigenvalue weighted by Gasteiger charge is -2.31. The Labute approximate surface area is 191 Å². The minimum Gasteiger partial charge on any atom is -0.370 e. The molecule has 0 fully saturated rings. The maximum atomic E-state index is 13.1. The van der Waals surface area contributed by atoms with Crippen LogP contribution >= 0.6 is 0 Å². The monoisotopic (exact) mass is 450 g/mol. The second kappa shape index (κ2) is 9.14. The largest absolute Gasteiger partial charge is 0.416 e. The first kappa shape index (κ1) is 22.6. The third-order valence-corrected chi connectivity index (χ3v) is 6.01. The van der Waals surface area contributed by atoms with Crippen molar-refractivity contribution in [1.29, 1.82) is 0 Å². The average molecular weight is 451 g/mol. The second-order valence-corrected chi connectivity index (χ2v) is 8.27. The van der Waals surface area contributed by atoms with Gasteiger partial charge in [-0.1, -0.05) is 49.0 Å². The SMILES string of the molecule is C=CC(=O)N1CCc2cc(N(C)Cc3ccccc3)c(-c3ccc(C(F)(F)F)cc3)cc2C1. The number of hydrogen-bond donors (Lipinski definition) is 0. The van der Waals surface area contributed by atoms with Crippen molar-refractivity contribution in [2.45, 2.75) is 25.7 Å². The van der Waals surface area contributed by atoms with Crippen molar-refractivity contribution >= 4 is 11.6 Å². The molecule has 0 spiro atoms. The van der Waals surface area contributed by atoms with Crippen LogP contribution in [0.5, 0.6) is 0 Å². The molecule has 0 N–H and O–H groups in total. The highest BCUT2D eigenvalue weighted by molar-refractivity contribution is 5.87. The molecule has 3 nitrogen and oxygen atoms in total. The van der Waals surface area contributed by atoms with E-state index in [-0.39, 0.29) is 5.91 Å². The lowest BCUT2D eigenvalue weighted by molar-refractivity contribution is -0.137. The molecule has 0 aliphatic carbocycles. The number of fused-ring (bicyclic) bond motifs is 1. The summed E-state index contributed by atoms with van der Waals surface area (Å²) in [6.07, 6.45) is -2.36. The van der Waals surface area contributed by atoms with Crippen LogP contribution in [0.2, 0.25) is 0 Å². The summed E-state index contributed by atoms with van der Waals surface area (Å²) in [7, 11) is 1.98. The fraction of sp³-hybridized carbons (Fsp3) is 0.222. The third-order valence-electron chi connectivity index (χ3n) is 6.01. The van der Waals surface area contributed by atoms with Crippen LogP contribution in [0.25, 0.3) is 11.1 Å². The van der Waals surface area contributed by atoms with Gasteiger partial charge < -0.3 is 9.80 Å². The number of carbonyl (C=O) groups is 1. The number of alkyl halides is 3. The molecule has 0 saturated heterocycles. The zero-order valence-corrected chi connectivity index (χ0v) is 18.4. The quantitative estimate of drug-likeness (QED) is 0.440. The van der Waals surface area contributed by atoms with Crippen LogP contribution in [-0.2, 0) is 30.5 Å². The van der Waals surface area contributed by atoms with Crippen molar-refractivity contribution in [2.75, 3.05) is 18.5 Å². The van der Waals surface area contributed by atoms with E-state index in [1.54, 1.807) is 4.90 Å². The molecule has 1 heterocycles. The van der Waals surface area contributed by atoms with Crippen LogP contribution in [0.3, 0.4) is 0 Å². The second-order valence-electron chi connectivity index (χ2n) is 8.27. The lowest BCUT2D eigenvalue weighted by atomic mass is 9.92. The highest BCUT2D eigenvalue weighted by Gasteiger charge is 2.30. The summed E-state index contributed by atoms with van der Waals surface area (Å²) in [5.41, 5.74) is 5.10. The predicted octanol–water partition coefficient (Wildman–Crippen LogP) is 6.08. The summed E-state index contributed by atoms with van der Waals surface area (Å²) < 4.78 is 39.3. The highest BCUT2D eigenvalue weighted by atomic mass is 19.4. The number of amides is 1. The third kappa shape index (κ3) is 4.95. The number of hydrogen-bond acceptors (Lipinski definition) is 2. The molecule has 33 heavy (non-hydrogen) atoms. The lowest BCUT2D eigenvalue weighted by Crippen LogP contribution is -2.35. The van der Waals surface area contributed by atoms with E-state index in [2.05, 4.69) is 17.5 Å². The molecule has 0 atom stereocenters. The molecular weight excluding hydrogens is 425 g/mol. The van der Waals surface area contributed by atoms with Crippen LogP contribution in [0.1, 0.15) is 22.3 Å². The van der Waals surface area contributed by atoms with Gasteiger partial charge in [-0.2, -0.15) is 13.2 Å². The molecule has 0 bridgehead atoms. The van der Waals surface area contributed by atoms with Crippen molar-refractivity contribution in [2.24, 2.45) is 0 Å². The van der Waals surface area contributed by atoms with E-state index >= 15 is 0 Å². The van der Waals surface area contributed by atoms with Crippen LogP contribution in [0.4, 0.5) is 18.9 Å². The van der Waals surface area contributed by atoms with Gasteiger partial charge in [-0.15, -0.1) is 0 Å². The van der Waals surface area contributed by atoms with Crippen molar-refractivity contribution in [1.82, 2.24) is 4.90 Å². The highest BCUT2D eigenvalue weighted by Crippen LogP contribution is 2.38. The predicted molar refractivity (Wildman–Crippen MR) is 125 cm³/mol. The van der Waals surface area contributed by atoms with Crippen LogP contribution in [0, 0.1) is 0 Å². The van der Waals surface area contributed by atoms with Crippen LogP contribution in [0.15, 0.2) is 79.4 Å². The molecule has 170 valence electrons. The van der Waals surface area contributed by atoms with E-state index in [1.807, 2.05) is 43.4 Å². The molecule has 3 aromatic rings. The molecule has 3 aromatic carbocycles. The van der Waals surface area contributed by atoms with E-state index < -0.39 is 11.7 Å². The van der Waals surface area contributed by atoms with Gasteiger partial charge in [-0.05, 0) is 59.0 Å². The van der Waals surface area contributed by atoms with Gasteiger partial charge in [0.25, 0.3) is 0 Å². The van der Waals surface area contributed by atoms with Gasteiger partial charge >= 0.3 is 6.18 Å². The number of benzene rings is 3. The molecule has 0 aromatic heterocycles. The maximum absolute atomic E-state index is 13.1. The molecule has 1 amide bonds. The normalized spacial score (nSPS) is 13.4. The minimum absolute atomic E-state index is 0.123. The van der Waals surface area contributed by atoms with E-state index in [1.165, 1.54) is 18.2 Å². The van der Waals surface area contributed by atoms with Crippen molar-refractivity contribution in [3.63, 3.8) is 0 Å². The Bertz CT molecular complexity index is 1150. The summed E-state index contributed by atoms with van der Waals surface area (Å²) in [6, 6.07) is 19.4. The maximum Gasteiger partial charge on any atom is 0.416 e. The molecule has 1 aliphatic heterocycles. The zero-order chi connectivity index (χ0) is 23.6. The Balaban J connectivity index is 1.76. The molecule has 0 saturated carbocycles. The van der Waals surface area contributed by atoms with Crippen molar-refractivity contribution in [3.05, 3.63) is 102 Å². The summed E-state index contributed by atoms with van der Waals surface area (Å²) in [5.74, 6) is -0.123. The van der Waals surface area contributed by atoms with Crippen molar-refractivity contribution in [3.8, 4) is 11.1 Å². The number of anilines is 1. The summed E-state index contributed by atoms with van der Waals surface area (Å²) in [6.45, 7) is 5.30. The van der Waals surface area contributed by atoms with Gasteiger partial charge in [-0.25, -0.2) is 0 Å². The first-order chi connectivity index (χ1) is 15.8. The smallest absolute Gasteiger partial charge is 0.370 e. The topological polar surface area (TPSA) is 23.6 Å². The summed E-state index contributed by atoms with van der Waals surface area (Å²) in [4.78, 5) is 16.0. The molecule has 6 heteroatoms. The van der Waals surface area contributed by atoms with Gasteiger partial charge in [0.05, 0.1) is 5.56 Å². The standard InChI is InChI=1S/C27H25F3N2O/c1-3-26(33)32-14-13-21-16-25(31(2)17-19-7-5-4-6-8-19)24(15-22(21)18-32)20-9-11-23(12-10-20)27(28,29)30/h3-12,15-16H,1,13-14,17-18H2,2H3. The fourth-order valence-electron chi connectivity index (χ4n) is 4.24. The van der Waals surface area contributed by atoms with Gasteiger partial charge in [-0.3, -0.25) is 4.79 Å². The van der Waals surface area contributed by atoms with Crippen LogP contribution in [-0.4, -0.2) is 24.4 Å². The zero-order valence-electron chi connectivity index (χ0n) is 18.4. The van der Waals surface area contributed by atoms with Gasteiger partial charge in [0, 0.05) is 37.9 Å². The first-order valence-electron chi connectivity index (χ1n) is 10.8. The van der Waals surface area contributed by atoms with E-state index in [0.29, 0.717) is 31.6 Å². The van der Waals surface area contributed by atoms with Gasteiger partial charge in [0.15, 0.2) is 0 Å². The Kier molecular flexibility index (Phi) is 6.27. The summed E-state index contributed by atoms with van der Waals surface area (Å²) in [5, 5.41) is 0. The Morgan fingerprint density at radius 1 is 1.06 bits per heavy atom. The molecule has 4 rings (SSSR count). The Morgan fingerprint density at radius 2 is 1.76 bits per heavy atom. The van der Waals surface area contributed by atoms with Crippen LogP contribution < -0.4 is 4.90 Å². The van der Waals surface area contributed by atoms with Gasteiger partial charge in [0.2, 0.25) is 5.91 Å². The molecular formula is C27H25F3N2O. The Hall–Kier alpha value is -3.54. The van der Waals surface area contributed by atoms with E-state index in [0.717, 1.165) is 40.1 Å². The number of carbonyl (C=O) groups excluding carboxylic acids is 1. The van der Waals surface area contributed by atoms with E-state index in [4.69, 9.17) is 0 Å². The van der Waals surface area contributed by atoms with Crippen molar-refractivity contribution < 1.29 is 18.0 Å². The van der Waals surface area contributed by atoms with Gasteiger partial charge in [0.1, 0.15) is 0 Å². The molecule has 0 radical (unpaired) electrons. The fourth-order valence-corrected chi connectivity index (χ4v) is 4.24. The Morgan fingerprint density at radius 3 is 2.39 bits per heavy atom. The number of halogens is 3. The van der Waals surface area contributed by atoms with E-state index in [9.17, 15) is 18.0 Å².